The molecule has 2 rings (SSSR count). The van der Waals surface area contributed by atoms with Gasteiger partial charge in [0.25, 0.3) is 5.91 Å². The van der Waals surface area contributed by atoms with Gasteiger partial charge in [-0.3, -0.25) is 4.79 Å². The largest absolute Gasteiger partial charge is 0.411 e. The molecule has 0 fully saturated rings. The van der Waals surface area contributed by atoms with Gasteiger partial charge in [-0.25, -0.2) is 0 Å². The first-order valence-electron chi connectivity index (χ1n) is 6.25. The van der Waals surface area contributed by atoms with Gasteiger partial charge >= 0.3 is 0 Å². The number of carbonyl (C=O) groups excluding carboxylic acids is 1. The van der Waals surface area contributed by atoms with E-state index in [0.717, 1.165) is 0 Å². The molecule has 0 radical (unpaired) electrons. The lowest BCUT2D eigenvalue weighted by atomic mass is 10.1. The molecule has 5 heteroatoms. The van der Waals surface area contributed by atoms with Crippen LogP contribution in [-0.2, 0) is 0 Å². The highest BCUT2D eigenvalue weighted by molar-refractivity contribution is 6.10. The zero-order valence-electron chi connectivity index (χ0n) is 11.4. The van der Waals surface area contributed by atoms with Crippen molar-refractivity contribution in [1.29, 1.82) is 5.26 Å². The average molecular weight is 279 g/mol. The third-order valence-corrected chi connectivity index (χ3v) is 2.97. The molecule has 0 saturated carbocycles. The molecule has 1 amide bonds. The van der Waals surface area contributed by atoms with Crippen LogP contribution in [0.15, 0.2) is 53.7 Å². The summed E-state index contributed by atoms with van der Waals surface area (Å²) in [7, 11) is 0. The number of oxime groups is 1. The molecule has 0 unspecified atom stereocenters. The molecule has 0 atom stereocenters. The van der Waals surface area contributed by atoms with Crippen molar-refractivity contribution in [3.63, 3.8) is 0 Å². The van der Waals surface area contributed by atoms with Gasteiger partial charge in [0.2, 0.25) is 0 Å². The smallest absolute Gasteiger partial charge is 0.255 e. The summed E-state index contributed by atoms with van der Waals surface area (Å²) in [5.74, 6) is -0.328. The van der Waals surface area contributed by atoms with Gasteiger partial charge in [-0.2, -0.15) is 5.26 Å². The predicted octanol–water partition coefficient (Wildman–Crippen LogP) is 3.01. The molecular formula is C16H13N3O2. The molecule has 0 aliphatic heterocycles. The Balaban J connectivity index is 2.30. The van der Waals surface area contributed by atoms with Crippen molar-refractivity contribution in [3.05, 3.63) is 65.2 Å². The molecule has 0 spiro atoms. The molecule has 104 valence electrons. The molecule has 21 heavy (non-hydrogen) atoms. The summed E-state index contributed by atoms with van der Waals surface area (Å²) in [6.45, 7) is 1.64. The van der Waals surface area contributed by atoms with E-state index >= 15 is 0 Å². The van der Waals surface area contributed by atoms with Crippen LogP contribution >= 0.6 is 0 Å². The number of para-hydroxylation sites is 1. The summed E-state index contributed by atoms with van der Waals surface area (Å²) in [5, 5.41) is 23.6. The highest BCUT2D eigenvalue weighted by Crippen LogP contribution is 2.17. The van der Waals surface area contributed by atoms with Crippen molar-refractivity contribution in [2.45, 2.75) is 6.92 Å². The maximum Gasteiger partial charge on any atom is 0.255 e. The molecule has 0 aliphatic rings. The average Bonchev–Trinajstić information content (AvgIpc) is 2.54. The van der Waals surface area contributed by atoms with Crippen molar-refractivity contribution >= 4 is 17.3 Å². The molecule has 2 aromatic carbocycles. The van der Waals surface area contributed by atoms with Gasteiger partial charge in [-0.1, -0.05) is 29.4 Å². The first kappa shape index (κ1) is 14.3. The fraction of sp³-hybridized carbons (Fsp3) is 0.0625. The normalized spacial score (nSPS) is 10.8. The molecule has 0 bridgehead atoms. The second kappa shape index (κ2) is 6.35. The Morgan fingerprint density at radius 3 is 2.71 bits per heavy atom. The number of hydrogen-bond acceptors (Lipinski definition) is 4. The van der Waals surface area contributed by atoms with Crippen LogP contribution in [0.25, 0.3) is 0 Å². The molecule has 0 aliphatic carbocycles. The Labute approximate surface area is 122 Å². The quantitative estimate of drug-likeness (QED) is 0.514. The number of carbonyl (C=O) groups is 1. The van der Waals surface area contributed by atoms with Crippen LogP contribution in [0.2, 0.25) is 0 Å². The number of nitriles is 1. The summed E-state index contributed by atoms with van der Waals surface area (Å²) in [6, 6.07) is 15.5. The van der Waals surface area contributed by atoms with Crippen LogP contribution in [0.1, 0.15) is 28.4 Å². The van der Waals surface area contributed by atoms with Crippen molar-refractivity contribution < 1.29 is 10.0 Å². The number of benzene rings is 2. The minimum atomic E-state index is -0.328. The van der Waals surface area contributed by atoms with Crippen molar-refractivity contribution in [3.8, 4) is 6.07 Å². The van der Waals surface area contributed by atoms with E-state index in [1.807, 2.05) is 6.07 Å². The van der Waals surface area contributed by atoms with E-state index < -0.39 is 0 Å². The fourth-order valence-electron chi connectivity index (χ4n) is 1.89. The lowest BCUT2D eigenvalue weighted by Gasteiger charge is -2.10. The van der Waals surface area contributed by atoms with E-state index in [4.69, 9.17) is 10.5 Å². The van der Waals surface area contributed by atoms with Gasteiger partial charge in [0.05, 0.1) is 23.0 Å². The third kappa shape index (κ3) is 3.25. The highest BCUT2D eigenvalue weighted by atomic mass is 16.4. The maximum absolute atomic E-state index is 12.2. The molecule has 0 aromatic heterocycles. The fourth-order valence-corrected chi connectivity index (χ4v) is 1.89. The van der Waals surface area contributed by atoms with E-state index in [-0.39, 0.29) is 5.91 Å². The van der Waals surface area contributed by atoms with Gasteiger partial charge in [-0.05, 0) is 31.2 Å². The minimum Gasteiger partial charge on any atom is -0.411 e. The predicted molar refractivity (Wildman–Crippen MR) is 79.5 cm³/mol. The molecule has 0 saturated heterocycles. The van der Waals surface area contributed by atoms with E-state index in [1.54, 1.807) is 49.4 Å². The van der Waals surface area contributed by atoms with Crippen LogP contribution in [0.5, 0.6) is 0 Å². The number of anilines is 1. The summed E-state index contributed by atoms with van der Waals surface area (Å²) in [4.78, 5) is 12.2. The maximum atomic E-state index is 12.2. The molecule has 5 nitrogen and oxygen atoms in total. The third-order valence-electron chi connectivity index (χ3n) is 2.97. The Morgan fingerprint density at radius 1 is 1.24 bits per heavy atom. The van der Waals surface area contributed by atoms with E-state index in [9.17, 15) is 4.79 Å². The second-order valence-electron chi connectivity index (χ2n) is 4.38. The van der Waals surface area contributed by atoms with E-state index in [1.165, 1.54) is 6.07 Å². The zero-order chi connectivity index (χ0) is 15.2. The molecule has 0 heterocycles. The van der Waals surface area contributed by atoms with E-state index in [0.29, 0.717) is 28.1 Å². The Hall–Kier alpha value is -3.13. The van der Waals surface area contributed by atoms with Crippen LogP contribution < -0.4 is 5.32 Å². The Morgan fingerprint density at radius 2 is 2.00 bits per heavy atom. The standard InChI is InChI=1S/C16H13N3O2/c1-11(19-21)14-7-2-3-8-15(14)18-16(20)13-6-4-5-12(9-13)10-17/h2-9,21H,1H3,(H,18,20)/b19-11+. The molecule has 2 aromatic rings. The number of hydrogen-bond donors (Lipinski definition) is 2. The van der Waals surface area contributed by atoms with Crippen LogP contribution in [0.3, 0.4) is 0 Å². The lowest BCUT2D eigenvalue weighted by Crippen LogP contribution is -2.14. The zero-order valence-corrected chi connectivity index (χ0v) is 11.4. The van der Waals surface area contributed by atoms with Crippen LogP contribution in [-0.4, -0.2) is 16.8 Å². The first-order chi connectivity index (χ1) is 10.2. The number of nitrogens with zero attached hydrogens (tertiary/aromatic N) is 2. The van der Waals surface area contributed by atoms with Gasteiger partial charge in [0.1, 0.15) is 0 Å². The second-order valence-corrected chi connectivity index (χ2v) is 4.38. The number of amides is 1. The highest BCUT2D eigenvalue weighted by Gasteiger charge is 2.11. The summed E-state index contributed by atoms with van der Waals surface area (Å²) >= 11 is 0. The van der Waals surface area contributed by atoms with Crippen molar-refractivity contribution in [1.82, 2.24) is 0 Å². The van der Waals surface area contributed by atoms with Gasteiger partial charge in [0.15, 0.2) is 0 Å². The summed E-state index contributed by atoms with van der Waals surface area (Å²) < 4.78 is 0. The number of rotatable bonds is 3. The van der Waals surface area contributed by atoms with Crippen LogP contribution in [0, 0.1) is 11.3 Å². The topological polar surface area (TPSA) is 85.5 Å². The van der Waals surface area contributed by atoms with Gasteiger partial charge in [0, 0.05) is 11.1 Å². The Kier molecular flexibility index (Phi) is 4.32. The monoisotopic (exact) mass is 279 g/mol. The molecular weight excluding hydrogens is 266 g/mol. The van der Waals surface area contributed by atoms with Gasteiger partial charge < -0.3 is 10.5 Å². The Bertz CT molecular complexity index is 745. The summed E-state index contributed by atoms with van der Waals surface area (Å²) in [5.41, 5.74) is 2.38. The van der Waals surface area contributed by atoms with Gasteiger partial charge in [-0.15, -0.1) is 0 Å². The van der Waals surface area contributed by atoms with Crippen molar-refractivity contribution in [2.75, 3.05) is 5.32 Å². The van der Waals surface area contributed by atoms with Crippen LogP contribution in [0.4, 0.5) is 5.69 Å². The first-order valence-corrected chi connectivity index (χ1v) is 6.25. The minimum absolute atomic E-state index is 0.328. The number of nitrogens with one attached hydrogen (secondary N) is 1. The SMILES string of the molecule is C/C(=N\O)c1ccccc1NC(=O)c1cccc(C#N)c1. The van der Waals surface area contributed by atoms with Crippen molar-refractivity contribution in [2.24, 2.45) is 5.16 Å². The molecule has 2 N–H and O–H groups in total. The summed E-state index contributed by atoms with van der Waals surface area (Å²) in [6.07, 6.45) is 0. The van der Waals surface area contributed by atoms with E-state index in [2.05, 4.69) is 10.5 Å². The lowest BCUT2D eigenvalue weighted by molar-refractivity contribution is 0.102.